The van der Waals surface area contributed by atoms with Gasteiger partial charge in [-0.3, -0.25) is 19.3 Å². The van der Waals surface area contributed by atoms with Crippen LogP contribution in [-0.4, -0.2) is 34.5 Å². The van der Waals surface area contributed by atoms with Crippen molar-refractivity contribution in [3.63, 3.8) is 0 Å². The number of amides is 3. The smallest absolute Gasteiger partial charge is 0.345 e. The van der Waals surface area contributed by atoms with Gasteiger partial charge in [-0.25, -0.2) is 4.79 Å². The molecule has 0 bridgehead atoms. The number of hydrogen-bond donors (Lipinski definition) is 1. The molecule has 10 heteroatoms. The summed E-state index contributed by atoms with van der Waals surface area (Å²) in [6.45, 7) is -0.468. The second-order valence-electron chi connectivity index (χ2n) is 5.82. The van der Waals surface area contributed by atoms with Gasteiger partial charge in [-0.05, 0) is 53.7 Å². The molecule has 0 aromatic heterocycles. The maximum absolute atomic E-state index is 12.2. The first-order valence-electron chi connectivity index (χ1n) is 8.05. The summed E-state index contributed by atoms with van der Waals surface area (Å²) in [6, 6.07) is 10.7. The molecular weight excluding hydrogens is 439 g/mol. The summed E-state index contributed by atoms with van der Waals surface area (Å²) in [6.07, 6.45) is 1.49. The summed E-state index contributed by atoms with van der Waals surface area (Å²) in [5.41, 5.74) is 5.81. The van der Waals surface area contributed by atoms with Gasteiger partial charge in [0.25, 0.3) is 11.1 Å². The molecule has 2 aromatic rings. The van der Waals surface area contributed by atoms with Gasteiger partial charge in [0.1, 0.15) is 12.3 Å². The number of ether oxygens (including phenoxy) is 1. The van der Waals surface area contributed by atoms with E-state index in [9.17, 15) is 19.2 Å². The number of primary amides is 1. The van der Waals surface area contributed by atoms with E-state index in [1.54, 1.807) is 12.1 Å². The Kier molecular flexibility index (Phi) is 6.26. The molecule has 2 N–H and O–H groups in total. The number of nitrogens with two attached hydrogens (primary N) is 1. The highest BCUT2D eigenvalue weighted by Gasteiger charge is 2.35. The lowest BCUT2D eigenvalue weighted by atomic mass is 10.2. The Morgan fingerprint density at radius 1 is 1.10 bits per heavy atom. The van der Waals surface area contributed by atoms with Gasteiger partial charge < -0.3 is 10.5 Å². The molecule has 3 rings (SSSR count). The van der Waals surface area contributed by atoms with Crippen LogP contribution in [0.1, 0.15) is 15.9 Å². The first kappa shape index (κ1) is 20.9. The zero-order chi connectivity index (χ0) is 21.1. The van der Waals surface area contributed by atoms with E-state index in [0.717, 1.165) is 4.90 Å². The Bertz CT molecular complexity index is 1050. The molecule has 29 heavy (non-hydrogen) atoms. The zero-order valence-corrected chi connectivity index (χ0v) is 16.9. The van der Waals surface area contributed by atoms with Crippen molar-refractivity contribution in [2.24, 2.45) is 5.73 Å². The van der Waals surface area contributed by atoms with E-state index in [4.69, 9.17) is 33.7 Å². The van der Waals surface area contributed by atoms with Gasteiger partial charge in [-0.2, -0.15) is 0 Å². The number of esters is 1. The molecule has 1 heterocycles. The average Bonchev–Trinajstić information content (AvgIpc) is 2.90. The summed E-state index contributed by atoms with van der Waals surface area (Å²) < 4.78 is 5.27. The van der Waals surface area contributed by atoms with Crippen molar-refractivity contribution in [1.82, 2.24) is 4.90 Å². The number of hydrogen-bond acceptors (Lipinski definition) is 6. The SMILES string of the molecule is NC(=O)CN1C(=O)S/C(=C\c2ccc(OC(=O)c3ccc(Cl)cc3Cl)cc2)C1=O. The molecule has 7 nitrogen and oxygen atoms in total. The fourth-order valence-electron chi connectivity index (χ4n) is 2.39. The monoisotopic (exact) mass is 450 g/mol. The molecule has 0 radical (unpaired) electrons. The summed E-state index contributed by atoms with van der Waals surface area (Å²) in [5, 5.41) is 0.00685. The van der Waals surface area contributed by atoms with Gasteiger partial charge in [0.05, 0.1) is 15.5 Å². The molecule has 148 valence electrons. The topological polar surface area (TPSA) is 107 Å². The Hall–Kier alpha value is -2.81. The molecule has 1 fully saturated rings. The van der Waals surface area contributed by atoms with Crippen LogP contribution in [0.3, 0.4) is 0 Å². The zero-order valence-electron chi connectivity index (χ0n) is 14.6. The van der Waals surface area contributed by atoms with Crippen LogP contribution >= 0.6 is 35.0 Å². The fraction of sp³-hybridized carbons (Fsp3) is 0.0526. The lowest BCUT2D eigenvalue weighted by Gasteiger charge is -2.08. The van der Waals surface area contributed by atoms with Crippen molar-refractivity contribution in [3.05, 3.63) is 68.5 Å². The van der Waals surface area contributed by atoms with Gasteiger partial charge in [-0.1, -0.05) is 35.3 Å². The third-order valence-corrected chi connectivity index (χ3v) is 5.18. The van der Waals surface area contributed by atoms with Gasteiger partial charge >= 0.3 is 5.97 Å². The minimum atomic E-state index is -0.777. The first-order chi connectivity index (χ1) is 13.7. The fourth-order valence-corrected chi connectivity index (χ4v) is 3.72. The Labute approximate surface area is 179 Å². The average molecular weight is 451 g/mol. The van der Waals surface area contributed by atoms with Crippen LogP contribution in [0.5, 0.6) is 5.75 Å². The highest BCUT2D eigenvalue weighted by molar-refractivity contribution is 8.18. The summed E-state index contributed by atoms with van der Waals surface area (Å²) in [5.74, 6) is -1.75. The van der Waals surface area contributed by atoms with E-state index >= 15 is 0 Å². The van der Waals surface area contributed by atoms with Crippen LogP contribution < -0.4 is 10.5 Å². The van der Waals surface area contributed by atoms with Crippen LogP contribution in [-0.2, 0) is 9.59 Å². The molecule has 0 spiro atoms. The minimum absolute atomic E-state index is 0.161. The summed E-state index contributed by atoms with van der Waals surface area (Å²) in [7, 11) is 0. The van der Waals surface area contributed by atoms with Crippen LogP contribution in [0.4, 0.5) is 4.79 Å². The van der Waals surface area contributed by atoms with Gasteiger partial charge in [0, 0.05) is 5.02 Å². The van der Waals surface area contributed by atoms with Crippen molar-refractivity contribution in [2.45, 2.75) is 0 Å². The standard InChI is InChI=1S/C19H12Cl2N2O5S/c20-11-3-6-13(14(21)8-11)18(26)28-12-4-1-10(2-5-12)7-15-17(25)23(9-16(22)24)19(27)29-15/h1-8H,9H2,(H2,22,24)/b15-7-. The normalized spacial score (nSPS) is 15.1. The van der Waals surface area contributed by atoms with Crippen molar-refractivity contribution < 1.29 is 23.9 Å². The Morgan fingerprint density at radius 3 is 2.41 bits per heavy atom. The van der Waals surface area contributed by atoms with E-state index in [-0.39, 0.29) is 21.2 Å². The quantitative estimate of drug-likeness (QED) is 0.422. The molecule has 0 atom stereocenters. The first-order valence-corrected chi connectivity index (χ1v) is 9.63. The number of carbonyl (C=O) groups excluding carboxylic acids is 4. The molecule has 0 saturated carbocycles. The van der Waals surface area contributed by atoms with E-state index in [2.05, 4.69) is 0 Å². The van der Waals surface area contributed by atoms with Crippen molar-refractivity contribution >= 4 is 64.1 Å². The van der Waals surface area contributed by atoms with Gasteiger partial charge in [0.15, 0.2) is 0 Å². The van der Waals surface area contributed by atoms with Crippen molar-refractivity contribution in [3.8, 4) is 5.75 Å². The largest absolute Gasteiger partial charge is 0.423 e. The van der Waals surface area contributed by atoms with E-state index in [1.165, 1.54) is 36.4 Å². The van der Waals surface area contributed by atoms with E-state index < -0.39 is 29.6 Å². The number of rotatable bonds is 5. The molecule has 0 aliphatic carbocycles. The molecule has 1 aliphatic rings. The maximum Gasteiger partial charge on any atom is 0.345 e. The lowest BCUT2D eigenvalue weighted by molar-refractivity contribution is -0.127. The number of thioether (sulfide) groups is 1. The molecule has 0 unspecified atom stereocenters. The maximum atomic E-state index is 12.2. The number of nitrogens with zero attached hydrogens (tertiary/aromatic N) is 1. The van der Waals surface area contributed by atoms with Crippen molar-refractivity contribution in [2.75, 3.05) is 6.54 Å². The van der Waals surface area contributed by atoms with Crippen molar-refractivity contribution in [1.29, 1.82) is 0 Å². The third kappa shape index (κ3) is 4.97. The predicted molar refractivity (Wildman–Crippen MR) is 110 cm³/mol. The summed E-state index contributed by atoms with van der Waals surface area (Å²) >= 11 is 12.5. The Balaban J connectivity index is 1.71. The number of carbonyl (C=O) groups is 4. The highest BCUT2D eigenvalue weighted by atomic mass is 35.5. The number of halogens is 2. The number of benzene rings is 2. The van der Waals surface area contributed by atoms with Crippen LogP contribution in [0.25, 0.3) is 6.08 Å². The van der Waals surface area contributed by atoms with Gasteiger partial charge in [-0.15, -0.1) is 0 Å². The Morgan fingerprint density at radius 2 is 1.79 bits per heavy atom. The molecular formula is C19H12Cl2N2O5S. The van der Waals surface area contributed by atoms with E-state index in [1.807, 2.05) is 0 Å². The van der Waals surface area contributed by atoms with Crippen LogP contribution in [0.15, 0.2) is 47.4 Å². The van der Waals surface area contributed by atoms with Crippen LogP contribution in [0, 0.1) is 0 Å². The molecule has 1 saturated heterocycles. The van der Waals surface area contributed by atoms with Crippen LogP contribution in [0.2, 0.25) is 10.0 Å². The third-order valence-electron chi connectivity index (χ3n) is 3.73. The predicted octanol–water partition coefficient (Wildman–Crippen LogP) is 3.73. The van der Waals surface area contributed by atoms with E-state index in [0.29, 0.717) is 22.3 Å². The minimum Gasteiger partial charge on any atom is -0.423 e. The summed E-state index contributed by atoms with van der Waals surface area (Å²) in [4.78, 5) is 48.2. The number of imide groups is 1. The molecule has 2 aromatic carbocycles. The van der Waals surface area contributed by atoms with Gasteiger partial charge in [0.2, 0.25) is 5.91 Å². The second-order valence-corrected chi connectivity index (χ2v) is 7.65. The second kappa shape index (κ2) is 8.69. The highest BCUT2D eigenvalue weighted by Crippen LogP contribution is 2.32. The lowest BCUT2D eigenvalue weighted by Crippen LogP contribution is -2.36. The molecule has 1 aliphatic heterocycles. The molecule has 3 amide bonds.